The molecule has 6 N–H and O–H groups in total. The van der Waals surface area contributed by atoms with Crippen LogP contribution < -0.4 is 16.4 Å². The molecule has 1 aliphatic rings. The maximum absolute atomic E-state index is 13.2. The predicted octanol–water partition coefficient (Wildman–Crippen LogP) is 0.513. The lowest BCUT2D eigenvalue weighted by atomic mass is 10.0. The Bertz CT molecular complexity index is 938. The van der Waals surface area contributed by atoms with Gasteiger partial charge in [-0.15, -0.1) is 0 Å². The lowest BCUT2D eigenvalue weighted by molar-refractivity contribution is -0.150. The van der Waals surface area contributed by atoms with Gasteiger partial charge in [0.2, 0.25) is 17.7 Å². The summed E-state index contributed by atoms with van der Waals surface area (Å²) in [5.41, 5.74) is 6.92. The van der Waals surface area contributed by atoms with Gasteiger partial charge in [-0.05, 0) is 43.6 Å². The fraction of sp³-hybridized carbons (Fsp3) is 0.560. The van der Waals surface area contributed by atoms with Crippen molar-refractivity contribution in [3.8, 4) is 0 Å². The molecular weight excluding hydrogens is 468 g/mol. The Morgan fingerprint density at radius 3 is 2.25 bits per heavy atom. The molecule has 11 heteroatoms. The van der Waals surface area contributed by atoms with Gasteiger partial charge in [0.15, 0.2) is 0 Å². The first-order valence-electron chi connectivity index (χ1n) is 12.1. The molecule has 1 saturated heterocycles. The van der Waals surface area contributed by atoms with Crippen LogP contribution in [0.15, 0.2) is 30.3 Å². The quantitative estimate of drug-likeness (QED) is 0.258. The van der Waals surface area contributed by atoms with Crippen LogP contribution in [0.1, 0.15) is 51.5 Å². The normalized spacial score (nSPS) is 17.8. The highest BCUT2D eigenvalue weighted by molar-refractivity contribution is 5.94. The minimum atomic E-state index is -1.24. The van der Waals surface area contributed by atoms with Gasteiger partial charge in [0.05, 0.1) is 6.04 Å². The van der Waals surface area contributed by atoms with E-state index in [2.05, 4.69) is 10.6 Å². The number of carboxylic acids is 2. The number of carbonyl (C=O) groups is 5. The van der Waals surface area contributed by atoms with Crippen LogP contribution in [0.5, 0.6) is 0 Å². The Morgan fingerprint density at radius 2 is 1.67 bits per heavy atom. The molecule has 1 aromatic rings. The smallest absolute Gasteiger partial charge is 0.326 e. The summed E-state index contributed by atoms with van der Waals surface area (Å²) < 4.78 is 0. The highest BCUT2D eigenvalue weighted by atomic mass is 16.4. The van der Waals surface area contributed by atoms with Crippen LogP contribution in [-0.4, -0.2) is 75.5 Å². The van der Waals surface area contributed by atoms with Crippen molar-refractivity contribution in [3.63, 3.8) is 0 Å². The van der Waals surface area contributed by atoms with Gasteiger partial charge in [-0.1, -0.05) is 44.2 Å². The van der Waals surface area contributed by atoms with Gasteiger partial charge >= 0.3 is 11.9 Å². The molecule has 4 atom stereocenters. The Hall–Kier alpha value is -3.47. The van der Waals surface area contributed by atoms with Crippen molar-refractivity contribution in [2.24, 2.45) is 11.7 Å². The van der Waals surface area contributed by atoms with Crippen LogP contribution in [-0.2, 0) is 30.4 Å². The molecule has 11 nitrogen and oxygen atoms in total. The van der Waals surface area contributed by atoms with E-state index < -0.39 is 60.2 Å². The first-order valence-corrected chi connectivity index (χ1v) is 12.1. The first kappa shape index (κ1) is 28.8. The number of amides is 3. The SMILES string of the molecule is CC(C)C[C@H](NC(=O)[C@@H](N)Cc1ccccc1)C(=O)N[C@@H](CCC(=O)O)C(=O)N1CCC[C@H]1C(=O)O. The number of aliphatic carboxylic acids is 2. The van der Waals surface area contributed by atoms with Gasteiger partial charge in [0.1, 0.15) is 18.1 Å². The van der Waals surface area contributed by atoms with E-state index in [0.717, 1.165) is 5.56 Å². The number of benzene rings is 1. The fourth-order valence-corrected chi connectivity index (χ4v) is 4.23. The van der Waals surface area contributed by atoms with E-state index in [0.29, 0.717) is 6.42 Å². The molecule has 1 aromatic carbocycles. The maximum Gasteiger partial charge on any atom is 0.326 e. The third-order valence-electron chi connectivity index (χ3n) is 6.06. The summed E-state index contributed by atoms with van der Waals surface area (Å²) >= 11 is 0. The summed E-state index contributed by atoms with van der Waals surface area (Å²) in [6, 6.07) is 5.02. The maximum atomic E-state index is 13.2. The molecule has 0 saturated carbocycles. The number of carbonyl (C=O) groups excluding carboxylic acids is 3. The Kier molecular flexibility index (Phi) is 10.8. The number of nitrogens with two attached hydrogens (primary N) is 1. The molecule has 1 heterocycles. The first-order chi connectivity index (χ1) is 17.0. The minimum Gasteiger partial charge on any atom is -0.481 e. The summed E-state index contributed by atoms with van der Waals surface area (Å²) in [7, 11) is 0. The van der Waals surface area contributed by atoms with Crippen molar-refractivity contribution in [3.05, 3.63) is 35.9 Å². The fourth-order valence-electron chi connectivity index (χ4n) is 4.23. The van der Waals surface area contributed by atoms with Crippen molar-refractivity contribution < 1.29 is 34.2 Å². The number of nitrogens with zero attached hydrogens (tertiary/aromatic N) is 1. The van der Waals surface area contributed by atoms with Gasteiger partial charge in [-0.3, -0.25) is 19.2 Å². The molecule has 36 heavy (non-hydrogen) atoms. The second-order valence-corrected chi connectivity index (χ2v) is 9.51. The summed E-state index contributed by atoms with van der Waals surface area (Å²) in [6.45, 7) is 3.94. The van der Waals surface area contributed by atoms with Crippen LogP contribution in [0.4, 0.5) is 0 Å². The van der Waals surface area contributed by atoms with E-state index in [1.807, 2.05) is 44.2 Å². The topological polar surface area (TPSA) is 179 Å². The molecule has 0 unspecified atom stereocenters. The summed E-state index contributed by atoms with van der Waals surface area (Å²) in [5.74, 6) is -4.13. The van der Waals surface area contributed by atoms with Crippen LogP contribution in [0.3, 0.4) is 0 Å². The third-order valence-corrected chi connectivity index (χ3v) is 6.06. The van der Waals surface area contributed by atoms with E-state index in [-0.39, 0.29) is 38.1 Å². The number of hydrogen-bond donors (Lipinski definition) is 5. The van der Waals surface area contributed by atoms with E-state index in [4.69, 9.17) is 10.8 Å². The zero-order valence-electron chi connectivity index (χ0n) is 20.7. The summed E-state index contributed by atoms with van der Waals surface area (Å²) in [4.78, 5) is 62.9. The molecule has 0 aliphatic carbocycles. The van der Waals surface area contributed by atoms with Crippen molar-refractivity contribution in [1.82, 2.24) is 15.5 Å². The average molecular weight is 505 g/mol. The molecule has 0 spiro atoms. The number of carboxylic acid groups (broad SMARTS) is 2. The van der Waals surface area contributed by atoms with Gasteiger partial charge in [-0.25, -0.2) is 4.79 Å². The molecule has 0 bridgehead atoms. The second-order valence-electron chi connectivity index (χ2n) is 9.51. The zero-order chi connectivity index (χ0) is 26.8. The third kappa shape index (κ3) is 8.63. The Morgan fingerprint density at radius 1 is 1.03 bits per heavy atom. The van der Waals surface area contributed by atoms with Crippen LogP contribution >= 0.6 is 0 Å². The lowest BCUT2D eigenvalue weighted by Crippen LogP contribution is -2.57. The van der Waals surface area contributed by atoms with Gasteiger partial charge in [-0.2, -0.15) is 0 Å². The van der Waals surface area contributed by atoms with Gasteiger partial charge in [0, 0.05) is 13.0 Å². The Balaban J connectivity index is 2.14. The summed E-state index contributed by atoms with van der Waals surface area (Å²) in [6.07, 6.45) is 0.703. The predicted molar refractivity (Wildman–Crippen MR) is 131 cm³/mol. The van der Waals surface area contributed by atoms with Crippen LogP contribution in [0.25, 0.3) is 0 Å². The van der Waals surface area contributed by atoms with E-state index >= 15 is 0 Å². The highest BCUT2D eigenvalue weighted by Gasteiger charge is 2.38. The molecule has 1 fully saturated rings. The number of hydrogen-bond acceptors (Lipinski definition) is 6. The van der Waals surface area contributed by atoms with E-state index in [1.165, 1.54) is 4.90 Å². The number of rotatable bonds is 13. The van der Waals surface area contributed by atoms with Crippen molar-refractivity contribution >= 4 is 29.7 Å². The van der Waals surface area contributed by atoms with E-state index in [1.54, 1.807) is 0 Å². The number of nitrogens with one attached hydrogen (secondary N) is 2. The molecule has 1 aliphatic heterocycles. The van der Waals surface area contributed by atoms with Crippen molar-refractivity contribution in [1.29, 1.82) is 0 Å². The summed E-state index contributed by atoms with van der Waals surface area (Å²) in [5, 5.41) is 23.8. The largest absolute Gasteiger partial charge is 0.481 e. The highest BCUT2D eigenvalue weighted by Crippen LogP contribution is 2.20. The van der Waals surface area contributed by atoms with Crippen LogP contribution in [0.2, 0.25) is 0 Å². The van der Waals surface area contributed by atoms with E-state index in [9.17, 15) is 29.1 Å². The number of likely N-dealkylation sites (tertiary alicyclic amines) is 1. The lowest BCUT2D eigenvalue weighted by Gasteiger charge is -2.29. The van der Waals surface area contributed by atoms with Gasteiger partial charge < -0.3 is 31.5 Å². The van der Waals surface area contributed by atoms with Crippen LogP contribution in [0, 0.1) is 5.92 Å². The van der Waals surface area contributed by atoms with Gasteiger partial charge in [0.25, 0.3) is 0 Å². The molecule has 2 rings (SSSR count). The molecule has 198 valence electrons. The molecule has 0 aromatic heterocycles. The molecule has 0 radical (unpaired) electrons. The van der Waals surface area contributed by atoms with Crippen molar-refractivity contribution in [2.75, 3.05) is 6.54 Å². The molecule has 3 amide bonds. The zero-order valence-corrected chi connectivity index (χ0v) is 20.7. The Labute approximate surface area is 210 Å². The monoisotopic (exact) mass is 504 g/mol. The minimum absolute atomic E-state index is 0.00884. The average Bonchev–Trinajstić information content (AvgIpc) is 3.31. The standard InChI is InChI=1S/C25H36N4O7/c1-15(2)13-19(28-22(32)17(26)14-16-7-4-3-5-8-16)23(33)27-18(10-11-21(30)31)24(34)29-12-6-9-20(29)25(35)36/h3-5,7-8,15,17-20H,6,9-14,26H2,1-2H3,(H,27,33)(H,28,32)(H,30,31)(H,35,36)/t17-,18-,19-,20-/m0/s1. The molecular formula is C25H36N4O7. The van der Waals surface area contributed by atoms with Crippen molar-refractivity contribution in [2.45, 2.75) is 76.5 Å². The second kappa shape index (κ2) is 13.6.